The van der Waals surface area contributed by atoms with Crippen LogP contribution >= 0.6 is 0 Å². The number of carbonyl (C=O) groups is 1. The summed E-state index contributed by atoms with van der Waals surface area (Å²) in [5.41, 5.74) is 3.98. The molecular weight excluding hydrogens is 318 g/mol. The summed E-state index contributed by atoms with van der Waals surface area (Å²) in [5, 5.41) is 2.86. The number of rotatable bonds is 3. The second-order valence-electron chi connectivity index (χ2n) is 6.24. The molecule has 1 aromatic heterocycles. The van der Waals surface area contributed by atoms with E-state index in [1.165, 1.54) is 10.1 Å². The molecular formula is C19H21N3O3. The molecule has 3 rings (SSSR count). The zero-order valence-corrected chi connectivity index (χ0v) is 14.7. The second-order valence-corrected chi connectivity index (χ2v) is 6.24. The summed E-state index contributed by atoms with van der Waals surface area (Å²) in [6.07, 6.45) is 0. The zero-order valence-electron chi connectivity index (χ0n) is 14.7. The third-order valence-corrected chi connectivity index (χ3v) is 4.50. The maximum atomic E-state index is 12.5. The normalized spacial score (nSPS) is 12.2. The van der Waals surface area contributed by atoms with Gasteiger partial charge in [0, 0.05) is 19.8 Å². The summed E-state index contributed by atoms with van der Waals surface area (Å²) in [7, 11) is 3.39. The predicted molar refractivity (Wildman–Crippen MR) is 97.8 cm³/mol. The van der Waals surface area contributed by atoms with Crippen molar-refractivity contribution in [1.82, 2.24) is 9.47 Å². The van der Waals surface area contributed by atoms with Gasteiger partial charge < -0.3 is 14.6 Å². The molecule has 0 saturated heterocycles. The number of amides is 2. The van der Waals surface area contributed by atoms with E-state index in [0.29, 0.717) is 16.8 Å². The number of fused-ring (bicyclic) bond motifs is 1. The van der Waals surface area contributed by atoms with Crippen molar-refractivity contribution in [2.24, 2.45) is 7.05 Å². The van der Waals surface area contributed by atoms with Crippen molar-refractivity contribution in [2.75, 3.05) is 12.4 Å². The van der Waals surface area contributed by atoms with Crippen molar-refractivity contribution in [3.05, 3.63) is 64.1 Å². The summed E-state index contributed by atoms with van der Waals surface area (Å²) >= 11 is 0. The van der Waals surface area contributed by atoms with E-state index >= 15 is 0 Å². The van der Waals surface area contributed by atoms with E-state index in [9.17, 15) is 9.59 Å². The summed E-state index contributed by atoms with van der Waals surface area (Å²) in [6.45, 7) is 4.01. The largest absolute Gasteiger partial charge is 0.419 e. The van der Waals surface area contributed by atoms with Crippen LogP contribution in [0, 0.1) is 6.92 Å². The lowest BCUT2D eigenvalue weighted by Crippen LogP contribution is -2.33. The van der Waals surface area contributed by atoms with E-state index in [4.69, 9.17) is 4.42 Å². The first-order valence-corrected chi connectivity index (χ1v) is 8.07. The van der Waals surface area contributed by atoms with Crippen molar-refractivity contribution in [3.63, 3.8) is 0 Å². The Hall–Kier alpha value is -3.02. The van der Waals surface area contributed by atoms with Gasteiger partial charge in [-0.15, -0.1) is 0 Å². The number of aromatic nitrogens is 1. The highest BCUT2D eigenvalue weighted by Gasteiger charge is 2.18. The van der Waals surface area contributed by atoms with Gasteiger partial charge >= 0.3 is 11.8 Å². The third-order valence-electron chi connectivity index (χ3n) is 4.50. The Labute approximate surface area is 145 Å². The smallest absolute Gasteiger partial charge is 0.408 e. The fourth-order valence-corrected chi connectivity index (χ4v) is 2.66. The molecule has 0 aliphatic carbocycles. The number of oxazole rings is 1. The lowest BCUT2D eigenvalue weighted by molar-refractivity contribution is 0.208. The van der Waals surface area contributed by atoms with Gasteiger partial charge in [-0.25, -0.2) is 9.59 Å². The van der Waals surface area contributed by atoms with E-state index in [-0.39, 0.29) is 12.1 Å². The fourth-order valence-electron chi connectivity index (χ4n) is 2.66. The van der Waals surface area contributed by atoms with Gasteiger partial charge in [-0.05, 0) is 37.6 Å². The lowest BCUT2D eigenvalue weighted by Gasteiger charge is -2.25. The lowest BCUT2D eigenvalue weighted by atomic mass is 10.1. The Morgan fingerprint density at radius 2 is 1.88 bits per heavy atom. The second kappa shape index (κ2) is 6.47. The Kier molecular flexibility index (Phi) is 4.35. The number of nitrogens with zero attached hydrogens (tertiary/aromatic N) is 2. The first-order chi connectivity index (χ1) is 11.9. The van der Waals surface area contributed by atoms with Crippen molar-refractivity contribution in [3.8, 4) is 0 Å². The van der Waals surface area contributed by atoms with E-state index in [1.807, 2.05) is 38.1 Å². The van der Waals surface area contributed by atoms with Crippen LogP contribution in [-0.4, -0.2) is 22.5 Å². The molecule has 1 unspecified atom stereocenters. The molecule has 1 heterocycles. The minimum absolute atomic E-state index is 0.0670. The maximum absolute atomic E-state index is 12.5. The zero-order chi connectivity index (χ0) is 18.1. The molecule has 0 spiro atoms. The number of nitrogens with one attached hydrogen (secondary N) is 1. The van der Waals surface area contributed by atoms with Gasteiger partial charge in [0.15, 0.2) is 5.58 Å². The van der Waals surface area contributed by atoms with Crippen LogP contribution in [0.25, 0.3) is 11.1 Å². The Bertz CT molecular complexity index is 970. The van der Waals surface area contributed by atoms with E-state index in [2.05, 4.69) is 5.32 Å². The van der Waals surface area contributed by atoms with Crippen molar-refractivity contribution in [2.45, 2.75) is 19.9 Å². The number of urea groups is 1. The van der Waals surface area contributed by atoms with Crippen molar-refractivity contribution >= 4 is 22.8 Å². The molecule has 3 aromatic rings. The van der Waals surface area contributed by atoms with Crippen LogP contribution in [0.4, 0.5) is 10.5 Å². The van der Waals surface area contributed by atoms with Gasteiger partial charge in [0.25, 0.3) is 0 Å². The van der Waals surface area contributed by atoms with Crippen LogP contribution in [0.2, 0.25) is 0 Å². The molecule has 0 saturated carbocycles. The SMILES string of the molecule is Cc1ccc(C(C)N(C)C(=O)Nc2ccc3oc(=O)n(C)c3c2)cc1. The van der Waals surface area contributed by atoms with E-state index in [0.717, 1.165) is 5.56 Å². The van der Waals surface area contributed by atoms with Crippen molar-refractivity contribution < 1.29 is 9.21 Å². The molecule has 6 heteroatoms. The molecule has 130 valence electrons. The molecule has 6 nitrogen and oxygen atoms in total. The Morgan fingerprint density at radius 3 is 2.56 bits per heavy atom. The van der Waals surface area contributed by atoms with E-state index in [1.54, 1.807) is 37.2 Å². The van der Waals surface area contributed by atoms with Crippen LogP contribution in [0.5, 0.6) is 0 Å². The minimum atomic E-state index is -0.427. The van der Waals surface area contributed by atoms with Gasteiger partial charge in [-0.1, -0.05) is 29.8 Å². The van der Waals surface area contributed by atoms with E-state index < -0.39 is 5.76 Å². The number of anilines is 1. The fraction of sp³-hybridized carbons (Fsp3) is 0.263. The molecule has 1 N–H and O–H groups in total. The third kappa shape index (κ3) is 3.28. The Balaban J connectivity index is 1.77. The molecule has 1 atom stereocenters. The maximum Gasteiger partial charge on any atom is 0.419 e. The molecule has 25 heavy (non-hydrogen) atoms. The number of hydrogen-bond acceptors (Lipinski definition) is 3. The van der Waals surface area contributed by atoms with Crippen LogP contribution < -0.4 is 11.1 Å². The summed E-state index contributed by atoms with van der Waals surface area (Å²) in [4.78, 5) is 25.7. The van der Waals surface area contributed by atoms with Gasteiger partial charge in [0.05, 0.1) is 11.6 Å². The molecule has 0 fully saturated rings. The topological polar surface area (TPSA) is 67.5 Å². The molecule has 0 radical (unpaired) electrons. The highest BCUT2D eigenvalue weighted by molar-refractivity contribution is 5.91. The Morgan fingerprint density at radius 1 is 1.20 bits per heavy atom. The monoisotopic (exact) mass is 339 g/mol. The molecule has 0 aliphatic rings. The molecule has 2 aromatic carbocycles. The summed E-state index contributed by atoms with van der Waals surface area (Å²) in [5.74, 6) is -0.427. The average molecular weight is 339 g/mol. The summed E-state index contributed by atoms with van der Waals surface area (Å²) < 4.78 is 6.50. The number of carbonyl (C=O) groups excluding carboxylic acids is 1. The van der Waals surface area contributed by atoms with Gasteiger partial charge in [0.1, 0.15) is 0 Å². The van der Waals surface area contributed by atoms with Gasteiger partial charge in [-0.2, -0.15) is 0 Å². The highest BCUT2D eigenvalue weighted by atomic mass is 16.4. The molecule has 0 aliphatic heterocycles. The summed E-state index contributed by atoms with van der Waals surface area (Å²) in [6, 6.07) is 12.9. The first-order valence-electron chi connectivity index (χ1n) is 8.07. The number of hydrogen-bond donors (Lipinski definition) is 1. The van der Waals surface area contributed by atoms with Gasteiger partial charge in [-0.3, -0.25) is 4.57 Å². The number of benzene rings is 2. The van der Waals surface area contributed by atoms with Crippen LogP contribution in [0.1, 0.15) is 24.1 Å². The first kappa shape index (κ1) is 16.8. The average Bonchev–Trinajstić information content (AvgIpc) is 2.88. The quantitative estimate of drug-likeness (QED) is 0.792. The predicted octanol–water partition coefficient (Wildman–Crippen LogP) is 3.66. The minimum Gasteiger partial charge on any atom is -0.408 e. The van der Waals surface area contributed by atoms with Crippen LogP contribution in [0.3, 0.4) is 0 Å². The van der Waals surface area contributed by atoms with Crippen LogP contribution in [-0.2, 0) is 7.05 Å². The number of aryl methyl sites for hydroxylation is 2. The molecule has 0 bridgehead atoms. The van der Waals surface area contributed by atoms with Crippen LogP contribution in [0.15, 0.2) is 51.7 Å². The standard InChI is InChI=1S/C19H21N3O3/c1-12-5-7-14(8-6-12)13(2)21(3)18(23)20-15-9-10-17-16(11-15)22(4)19(24)25-17/h5-11,13H,1-4H3,(H,20,23). The van der Waals surface area contributed by atoms with Crippen molar-refractivity contribution in [1.29, 1.82) is 0 Å². The van der Waals surface area contributed by atoms with Gasteiger partial charge in [0.2, 0.25) is 0 Å². The highest BCUT2D eigenvalue weighted by Crippen LogP contribution is 2.22. The molecule has 2 amide bonds.